The van der Waals surface area contributed by atoms with E-state index in [4.69, 9.17) is 20.9 Å². The normalized spacial score (nSPS) is 14.1. The Hall–Kier alpha value is -3.06. The molecule has 0 spiro atoms. The molecule has 1 amide bonds. The van der Waals surface area contributed by atoms with Crippen molar-refractivity contribution >= 4 is 23.5 Å². The lowest BCUT2D eigenvalue weighted by Gasteiger charge is -2.10. The van der Waals surface area contributed by atoms with Crippen molar-refractivity contribution in [3.63, 3.8) is 0 Å². The van der Waals surface area contributed by atoms with Crippen LogP contribution in [0.15, 0.2) is 41.1 Å². The standard InChI is InChI=1S/C21H20ClN3O4/c1-12-18(19(25-29-12)13-6-8-15(22)9-7-13)20(26)14-10-17(23-11-14)28-21(27)24-16-4-2-3-5-16/h6-11,16,23H,2-5H2,1H3,(H,24,27). The Labute approximate surface area is 172 Å². The van der Waals surface area contributed by atoms with E-state index in [0.29, 0.717) is 27.6 Å². The molecule has 1 aromatic carbocycles. The molecule has 29 heavy (non-hydrogen) atoms. The van der Waals surface area contributed by atoms with E-state index in [1.54, 1.807) is 31.2 Å². The maximum atomic E-state index is 13.1. The molecule has 0 saturated heterocycles. The van der Waals surface area contributed by atoms with Gasteiger partial charge in [-0.1, -0.05) is 41.7 Å². The third-order valence-corrected chi connectivity index (χ3v) is 5.26. The van der Waals surface area contributed by atoms with Gasteiger partial charge in [0.05, 0.1) is 5.56 Å². The number of benzene rings is 1. The van der Waals surface area contributed by atoms with Crippen LogP contribution in [0.4, 0.5) is 4.79 Å². The number of nitrogens with one attached hydrogen (secondary N) is 2. The minimum absolute atomic E-state index is 0.153. The van der Waals surface area contributed by atoms with Gasteiger partial charge in [-0.3, -0.25) is 4.79 Å². The predicted molar refractivity (Wildman–Crippen MR) is 107 cm³/mol. The average molecular weight is 414 g/mol. The highest BCUT2D eigenvalue weighted by atomic mass is 35.5. The number of hydrogen-bond donors (Lipinski definition) is 2. The summed E-state index contributed by atoms with van der Waals surface area (Å²) in [4.78, 5) is 27.9. The molecule has 0 atom stereocenters. The number of carbonyl (C=O) groups is 2. The van der Waals surface area contributed by atoms with Crippen LogP contribution in [0.1, 0.15) is 47.4 Å². The number of amides is 1. The quantitative estimate of drug-likeness (QED) is 0.580. The molecule has 2 N–H and O–H groups in total. The predicted octanol–water partition coefficient (Wildman–Crippen LogP) is 4.89. The summed E-state index contributed by atoms with van der Waals surface area (Å²) >= 11 is 5.94. The molecule has 2 heterocycles. The monoisotopic (exact) mass is 413 g/mol. The van der Waals surface area contributed by atoms with E-state index >= 15 is 0 Å². The lowest BCUT2D eigenvalue weighted by molar-refractivity contribution is 0.103. The largest absolute Gasteiger partial charge is 0.414 e. The van der Waals surface area contributed by atoms with Gasteiger partial charge in [-0.15, -0.1) is 0 Å². The van der Waals surface area contributed by atoms with Crippen molar-refractivity contribution < 1.29 is 18.8 Å². The second-order valence-corrected chi connectivity index (χ2v) is 7.50. The molecule has 3 aromatic rings. The number of ketones is 1. The summed E-state index contributed by atoms with van der Waals surface area (Å²) in [5.74, 6) is 0.324. The van der Waals surface area contributed by atoms with Gasteiger partial charge in [-0.05, 0) is 31.9 Å². The molecule has 1 fully saturated rings. The molecule has 4 rings (SSSR count). The Balaban J connectivity index is 1.51. The second-order valence-electron chi connectivity index (χ2n) is 7.07. The van der Waals surface area contributed by atoms with E-state index in [1.165, 1.54) is 12.3 Å². The number of H-pyrrole nitrogens is 1. The summed E-state index contributed by atoms with van der Waals surface area (Å²) in [5.41, 5.74) is 1.85. The first-order valence-electron chi connectivity index (χ1n) is 9.45. The maximum absolute atomic E-state index is 13.1. The first kappa shape index (κ1) is 19.3. The highest BCUT2D eigenvalue weighted by Crippen LogP contribution is 2.29. The Kier molecular flexibility index (Phi) is 5.40. The van der Waals surface area contributed by atoms with Crippen molar-refractivity contribution in [2.24, 2.45) is 0 Å². The van der Waals surface area contributed by atoms with Crippen molar-refractivity contribution in [3.8, 4) is 17.1 Å². The zero-order valence-electron chi connectivity index (χ0n) is 15.8. The fourth-order valence-corrected chi connectivity index (χ4v) is 3.64. The van der Waals surface area contributed by atoms with Gasteiger partial charge in [0.1, 0.15) is 11.5 Å². The van der Waals surface area contributed by atoms with E-state index in [0.717, 1.165) is 31.2 Å². The van der Waals surface area contributed by atoms with Crippen LogP contribution in [-0.2, 0) is 0 Å². The average Bonchev–Trinajstić information content (AvgIpc) is 3.44. The molecule has 1 aliphatic carbocycles. The van der Waals surface area contributed by atoms with Crippen LogP contribution in [0.2, 0.25) is 5.02 Å². The van der Waals surface area contributed by atoms with Gasteiger partial charge in [-0.25, -0.2) is 4.79 Å². The van der Waals surface area contributed by atoms with Crippen LogP contribution in [0.5, 0.6) is 5.88 Å². The molecule has 2 aromatic heterocycles. The van der Waals surface area contributed by atoms with E-state index in [1.807, 2.05) is 0 Å². The van der Waals surface area contributed by atoms with Crippen molar-refractivity contribution in [2.45, 2.75) is 38.6 Å². The summed E-state index contributed by atoms with van der Waals surface area (Å²) in [6.45, 7) is 1.68. The smallest absolute Gasteiger partial charge is 0.393 e. The fourth-order valence-electron chi connectivity index (χ4n) is 3.52. The summed E-state index contributed by atoms with van der Waals surface area (Å²) in [5, 5.41) is 7.45. The molecular weight excluding hydrogens is 394 g/mol. The molecule has 1 saturated carbocycles. The van der Waals surface area contributed by atoms with Crippen molar-refractivity contribution in [3.05, 3.63) is 58.4 Å². The lowest BCUT2D eigenvalue weighted by atomic mass is 10.00. The second kappa shape index (κ2) is 8.13. The number of ether oxygens (including phenoxy) is 1. The molecule has 8 heteroatoms. The molecule has 150 valence electrons. The van der Waals surface area contributed by atoms with Crippen LogP contribution in [0, 0.1) is 6.92 Å². The fraction of sp³-hybridized carbons (Fsp3) is 0.286. The third-order valence-electron chi connectivity index (χ3n) is 5.01. The van der Waals surface area contributed by atoms with Gasteiger partial charge in [-0.2, -0.15) is 0 Å². The topological polar surface area (TPSA) is 97.2 Å². The molecule has 0 unspecified atom stereocenters. The first-order valence-corrected chi connectivity index (χ1v) is 9.82. The van der Waals surface area contributed by atoms with E-state index < -0.39 is 6.09 Å². The lowest BCUT2D eigenvalue weighted by Crippen LogP contribution is -2.34. The molecule has 1 aliphatic rings. The molecular formula is C21H20ClN3O4. The Bertz CT molecular complexity index is 1030. The number of halogens is 1. The molecule has 0 aliphatic heterocycles. The number of carbonyl (C=O) groups excluding carboxylic acids is 2. The van der Waals surface area contributed by atoms with Gasteiger partial charge < -0.3 is 19.6 Å². The number of nitrogens with zero attached hydrogens (tertiary/aromatic N) is 1. The highest BCUT2D eigenvalue weighted by Gasteiger charge is 2.24. The van der Waals surface area contributed by atoms with Crippen molar-refractivity contribution in [2.75, 3.05) is 0 Å². The summed E-state index contributed by atoms with van der Waals surface area (Å²) in [6.07, 6.45) is 5.12. The Morgan fingerprint density at radius 2 is 1.97 bits per heavy atom. The van der Waals surface area contributed by atoms with Crippen LogP contribution < -0.4 is 10.1 Å². The van der Waals surface area contributed by atoms with Gasteiger partial charge in [0, 0.05) is 34.5 Å². The van der Waals surface area contributed by atoms with Gasteiger partial charge >= 0.3 is 6.09 Å². The SMILES string of the molecule is Cc1onc(-c2ccc(Cl)cc2)c1C(=O)c1c[nH]c(OC(=O)NC2CCCC2)c1. The van der Waals surface area contributed by atoms with Crippen LogP contribution >= 0.6 is 11.6 Å². The highest BCUT2D eigenvalue weighted by molar-refractivity contribution is 6.30. The zero-order valence-corrected chi connectivity index (χ0v) is 16.6. The van der Waals surface area contributed by atoms with Crippen molar-refractivity contribution in [1.82, 2.24) is 15.5 Å². The van der Waals surface area contributed by atoms with E-state index in [2.05, 4.69) is 15.5 Å². The van der Waals surface area contributed by atoms with Gasteiger partial charge in [0.15, 0.2) is 0 Å². The minimum Gasteiger partial charge on any atom is -0.393 e. The summed E-state index contributed by atoms with van der Waals surface area (Å²) in [7, 11) is 0. The maximum Gasteiger partial charge on any atom is 0.414 e. The summed E-state index contributed by atoms with van der Waals surface area (Å²) < 4.78 is 10.5. The molecule has 0 bridgehead atoms. The zero-order chi connectivity index (χ0) is 20.4. The first-order chi connectivity index (χ1) is 14.0. The van der Waals surface area contributed by atoms with Gasteiger partial charge in [0.2, 0.25) is 11.7 Å². The van der Waals surface area contributed by atoms with Crippen LogP contribution in [0.3, 0.4) is 0 Å². The number of hydrogen-bond acceptors (Lipinski definition) is 5. The number of aromatic amines is 1. The van der Waals surface area contributed by atoms with E-state index in [9.17, 15) is 9.59 Å². The van der Waals surface area contributed by atoms with E-state index in [-0.39, 0.29) is 17.7 Å². The third kappa shape index (κ3) is 4.19. The number of rotatable bonds is 5. The summed E-state index contributed by atoms with van der Waals surface area (Å²) in [6, 6.07) is 8.64. The molecule has 7 nitrogen and oxygen atoms in total. The number of aromatic nitrogens is 2. The van der Waals surface area contributed by atoms with Crippen molar-refractivity contribution in [1.29, 1.82) is 0 Å². The van der Waals surface area contributed by atoms with Crippen LogP contribution in [0.25, 0.3) is 11.3 Å². The van der Waals surface area contributed by atoms with Gasteiger partial charge in [0.25, 0.3) is 0 Å². The Morgan fingerprint density at radius 1 is 1.24 bits per heavy atom. The minimum atomic E-state index is -0.527. The Morgan fingerprint density at radius 3 is 2.69 bits per heavy atom. The molecule has 0 radical (unpaired) electrons. The van der Waals surface area contributed by atoms with Crippen LogP contribution in [-0.4, -0.2) is 28.1 Å². The number of aryl methyl sites for hydroxylation is 1.